The van der Waals surface area contributed by atoms with Crippen molar-refractivity contribution in [2.24, 2.45) is 0 Å². The van der Waals surface area contributed by atoms with Crippen molar-refractivity contribution in [3.63, 3.8) is 0 Å². The minimum atomic E-state index is -0.421. The van der Waals surface area contributed by atoms with Gasteiger partial charge in [0, 0.05) is 22.4 Å². The average molecular weight is 752 g/mol. The van der Waals surface area contributed by atoms with E-state index >= 15 is 0 Å². The first-order chi connectivity index (χ1) is 29.0. The molecule has 0 N–H and O–H groups in total. The smallest absolute Gasteiger partial charge is 0.0726 e. The van der Waals surface area contributed by atoms with Crippen molar-refractivity contribution in [3.05, 3.63) is 246 Å². The Morgan fingerprint density at radius 3 is 1.39 bits per heavy atom. The van der Waals surface area contributed by atoms with E-state index in [9.17, 15) is 0 Å². The quantitative estimate of drug-likeness (QED) is 0.169. The topological polar surface area (TPSA) is 3.24 Å². The molecule has 0 bridgehead atoms. The summed E-state index contributed by atoms with van der Waals surface area (Å²) in [6.45, 7) is 4.79. The maximum absolute atomic E-state index is 2.52. The summed E-state index contributed by atoms with van der Waals surface area (Å²) in [6, 6.07) is 79.1. The minimum Gasteiger partial charge on any atom is -0.310 e. The van der Waals surface area contributed by atoms with E-state index in [0.29, 0.717) is 0 Å². The molecule has 59 heavy (non-hydrogen) atoms. The Labute approximate surface area is 346 Å². The summed E-state index contributed by atoms with van der Waals surface area (Å²) in [7, 11) is 0. The number of hydrogen-bond donors (Lipinski definition) is 0. The van der Waals surface area contributed by atoms with Crippen molar-refractivity contribution in [2.45, 2.75) is 24.7 Å². The van der Waals surface area contributed by atoms with Gasteiger partial charge in [-0.1, -0.05) is 190 Å². The third-order valence-electron chi connectivity index (χ3n) is 13.5. The SMILES string of the molecule is CC1(C)c2cc(-c3ccccc3)ccc2-c2ccc(N(c3ccc(-c4ccccc4)cc3)c3cccc4c3-c3ccccc3C43c4ccccc4-c4ccccc43)cc21. The maximum Gasteiger partial charge on any atom is 0.0726 e. The van der Waals surface area contributed by atoms with Crippen LogP contribution in [-0.2, 0) is 10.8 Å². The van der Waals surface area contributed by atoms with E-state index in [0.717, 1.165) is 11.4 Å². The summed E-state index contributed by atoms with van der Waals surface area (Å²) in [5.74, 6) is 0. The molecule has 0 fully saturated rings. The second-order valence-corrected chi connectivity index (χ2v) is 16.8. The normalized spacial score (nSPS) is 14.2. The van der Waals surface area contributed by atoms with Crippen LogP contribution < -0.4 is 4.90 Å². The zero-order chi connectivity index (χ0) is 39.3. The van der Waals surface area contributed by atoms with Crippen LogP contribution in [-0.4, -0.2) is 0 Å². The highest BCUT2D eigenvalue weighted by Gasteiger charge is 2.52. The Bertz CT molecular complexity index is 3070. The number of nitrogens with zero attached hydrogens (tertiary/aromatic N) is 1. The highest BCUT2D eigenvalue weighted by Crippen LogP contribution is 2.65. The molecule has 0 aliphatic heterocycles. The van der Waals surface area contributed by atoms with E-state index in [1.165, 1.54) is 94.7 Å². The third kappa shape index (κ3) is 4.73. The van der Waals surface area contributed by atoms with Gasteiger partial charge in [0.05, 0.1) is 11.1 Å². The number of fused-ring (bicyclic) bond motifs is 13. The van der Waals surface area contributed by atoms with Crippen LogP contribution in [0, 0.1) is 0 Å². The predicted molar refractivity (Wildman–Crippen MR) is 246 cm³/mol. The summed E-state index contributed by atoms with van der Waals surface area (Å²) in [5.41, 5.74) is 23.7. The Morgan fingerprint density at radius 1 is 0.305 bits per heavy atom. The molecule has 0 radical (unpaired) electrons. The van der Waals surface area contributed by atoms with Gasteiger partial charge in [0.2, 0.25) is 0 Å². The fourth-order valence-electron chi connectivity index (χ4n) is 10.8. The Kier molecular flexibility index (Phi) is 7.26. The van der Waals surface area contributed by atoms with Crippen molar-refractivity contribution in [3.8, 4) is 55.6 Å². The first-order valence-electron chi connectivity index (χ1n) is 20.8. The van der Waals surface area contributed by atoms with E-state index in [2.05, 4.69) is 231 Å². The van der Waals surface area contributed by atoms with Gasteiger partial charge >= 0.3 is 0 Å². The lowest BCUT2D eigenvalue weighted by atomic mass is 9.70. The summed E-state index contributed by atoms with van der Waals surface area (Å²) >= 11 is 0. The van der Waals surface area contributed by atoms with Crippen molar-refractivity contribution in [2.75, 3.05) is 4.90 Å². The summed E-state index contributed by atoms with van der Waals surface area (Å²) in [4.78, 5) is 2.52. The molecule has 278 valence electrons. The van der Waals surface area contributed by atoms with Gasteiger partial charge in [-0.2, -0.15) is 0 Å². The van der Waals surface area contributed by atoms with E-state index in [-0.39, 0.29) is 5.41 Å². The standard InChI is InChI=1S/C58H41N/c1-57(2)53-36-41(39-18-7-4-8-19-39)30-34-46(53)47-35-33-43(37-54(47)57)59(42-31-28-40(29-32-42)38-16-5-3-6-17-38)55-27-15-26-52-56(55)48-22-11-14-25-51(48)58(52)49-23-12-9-20-44(49)45-21-10-13-24-50(45)58/h3-37H,1-2H3. The van der Waals surface area contributed by atoms with Crippen LogP contribution in [0.1, 0.15) is 47.2 Å². The van der Waals surface area contributed by atoms with Gasteiger partial charge in [0.1, 0.15) is 0 Å². The molecule has 12 rings (SSSR count). The zero-order valence-corrected chi connectivity index (χ0v) is 33.2. The molecule has 0 amide bonds. The van der Waals surface area contributed by atoms with Gasteiger partial charge in [-0.15, -0.1) is 0 Å². The van der Waals surface area contributed by atoms with Gasteiger partial charge in [0.15, 0.2) is 0 Å². The first kappa shape index (κ1) is 33.9. The Balaban J connectivity index is 1.09. The lowest BCUT2D eigenvalue weighted by molar-refractivity contribution is 0.660. The lowest BCUT2D eigenvalue weighted by Gasteiger charge is -2.32. The van der Waals surface area contributed by atoms with E-state index in [1.807, 2.05) is 0 Å². The van der Waals surface area contributed by atoms with Crippen LogP contribution in [0.3, 0.4) is 0 Å². The third-order valence-corrected chi connectivity index (χ3v) is 13.5. The molecule has 0 atom stereocenters. The fourth-order valence-corrected chi connectivity index (χ4v) is 10.8. The van der Waals surface area contributed by atoms with Crippen molar-refractivity contribution in [1.29, 1.82) is 0 Å². The summed E-state index contributed by atoms with van der Waals surface area (Å²) in [6.07, 6.45) is 0. The number of rotatable bonds is 5. The number of anilines is 3. The molecule has 1 nitrogen and oxygen atoms in total. The van der Waals surface area contributed by atoms with Crippen molar-refractivity contribution < 1.29 is 0 Å². The van der Waals surface area contributed by atoms with Gasteiger partial charge in [-0.25, -0.2) is 0 Å². The largest absolute Gasteiger partial charge is 0.310 e. The Hall–Kier alpha value is -7.22. The summed E-state index contributed by atoms with van der Waals surface area (Å²) < 4.78 is 0. The molecule has 9 aromatic rings. The molecule has 3 aliphatic rings. The zero-order valence-electron chi connectivity index (χ0n) is 33.2. The molecule has 3 aliphatic carbocycles. The van der Waals surface area contributed by atoms with Crippen LogP contribution in [0.2, 0.25) is 0 Å². The number of hydrogen-bond acceptors (Lipinski definition) is 1. The van der Waals surface area contributed by atoms with E-state index < -0.39 is 5.41 Å². The molecule has 1 spiro atoms. The molecular formula is C58H41N. The van der Waals surface area contributed by atoms with Crippen molar-refractivity contribution >= 4 is 17.1 Å². The monoisotopic (exact) mass is 751 g/mol. The molecule has 0 aromatic heterocycles. The van der Waals surface area contributed by atoms with Crippen LogP contribution in [0.4, 0.5) is 17.1 Å². The predicted octanol–water partition coefficient (Wildman–Crippen LogP) is 15.1. The molecular weight excluding hydrogens is 711 g/mol. The molecule has 1 heteroatoms. The molecule has 0 saturated heterocycles. The van der Waals surface area contributed by atoms with Crippen LogP contribution in [0.25, 0.3) is 55.6 Å². The van der Waals surface area contributed by atoms with Crippen LogP contribution in [0.15, 0.2) is 212 Å². The van der Waals surface area contributed by atoms with Crippen LogP contribution in [0.5, 0.6) is 0 Å². The second kappa shape index (κ2) is 12.6. The molecule has 0 unspecified atom stereocenters. The Morgan fingerprint density at radius 2 is 0.746 bits per heavy atom. The second-order valence-electron chi connectivity index (χ2n) is 16.8. The van der Waals surface area contributed by atoms with Gasteiger partial charge < -0.3 is 4.90 Å². The maximum atomic E-state index is 2.52. The van der Waals surface area contributed by atoms with E-state index in [1.54, 1.807) is 0 Å². The fraction of sp³-hybridized carbons (Fsp3) is 0.0690. The highest BCUT2D eigenvalue weighted by molar-refractivity contribution is 6.01. The minimum absolute atomic E-state index is 0.194. The highest BCUT2D eigenvalue weighted by atomic mass is 15.1. The van der Waals surface area contributed by atoms with Gasteiger partial charge in [-0.05, 0) is 120 Å². The lowest BCUT2D eigenvalue weighted by Crippen LogP contribution is -2.26. The van der Waals surface area contributed by atoms with Crippen LogP contribution >= 0.6 is 0 Å². The van der Waals surface area contributed by atoms with Gasteiger partial charge in [0.25, 0.3) is 0 Å². The van der Waals surface area contributed by atoms with E-state index in [4.69, 9.17) is 0 Å². The first-order valence-corrected chi connectivity index (χ1v) is 20.8. The van der Waals surface area contributed by atoms with Gasteiger partial charge in [-0.3, -0.25) is 0 Å². The molecule has 0 saturated carbocycles. The summed E-state index contributed by atoms with van der Waals surface area (Å²) in [5, 5.41) is 0. The molecule has 9 aromatic carbocycles. The number of benzene rings is 9. The average Bonchev–Trinajstić information content (AvgIpc) is 3.86. The van der Waals surface area contributed by atoms with Crippen molar-refractivity contribution in [1.82, 2.24) is 0 Å². The molecule has 0 heterocycles.